The number of halogens is 2. The van der Waals surface area contributed by atoms with Crippen LogP contribution in [0.15, 0.2) is 72.8 Å². The van der Waals surface area contributed by atoms with Crippen molar-refractivity contribution in [2.75, 3.05) is 0 Å². The van der Waals surface area contributed by atoms with Crippen molar-refractivity contribution in [3.05, 3.63) is 95.6 Å². The van der Waals surface area contributed by atoms with Crippen LogP contribution >= 0.6 is 0 Å². The molecular formula is C29H28F2. The summed E-state index contributed by atoms with van der Waals surface area (Å²) in [5.41, 5.74) is 4.35. The molecule has 0 saturated heterocycles. The minimum Gasteiger partial charge on any atom is -0.206 e. The minimum atomic E-state index is -0.540. The molecule has 4 aromatic carbocycles. The van der Waals surface area contributed by atoms with Gasteiger partial charge in [-0.25, -0.2) is 8.78 Å². The molecule has 0 saturated carbocycles. The van der Waals surface area contributed by atoms with E-state index in [1.54, 1.807) is 12.1 Å². The molecule has 158 valence electrons. The second-order valence-electron chi connectivity index (χ2n) is 8.39. The van der Waals surface area contributed by atoms with Crippen LogP contribution in [0.5, 0.6) is 0 Å². The zero-order chi connectivity index (χ0) is 21.8. The van der Waals surface area contributed by atoms with E-state index in [1.807, 2.05) is 37.3 Å². The average molecular weight is 415 g/mol. The monoisotopic (exact) mass is 414 g/mol. The zero-order valence-electron chi connectivity index (χ0n) is 18.2. The van der Waals surface area contributed by atoms with Gasteiger partial charge in [0, 0.05) is 0 Å². The largest absolute Gasteiger partial charge is 0.206 e. The molecule has 0 nitrogen and oxygen atoms in total. The highest BCUT2D eigenvalue weighted by Gasteiger charge is 2.14. The predicted molar refractivity (Wildman–Crippen MR) is 127 cm³/mol. The van der Waals surface area contributed by atoms with Crippen molar-refractivity contribution in [3.63, 3.8) is 0 Å². The first kappa shape index (κ1) is 21.2. The third-order valence-corrected chi connectivity index (χ3v) is 5.94. The lowest BCUT2D eigenvalue weighted by Gasteiger charge is -2.11. The van der Waals surface area contributed by atoms with Crippen LogP contribution < -0.4 is 0 Å². The summed E-state index contributed by atoms with van der Waals surface area (Å²) in [7, 11) is 0. The van der Waals surface area contributed by atoms with Gasteiger partial charge in [0.05, 0.1) is 5.56 Å². The maximum absolute atomic E-state index is 14.9. The zero-order valence-corrected chi connectivity index (χ0v) is 18.2. The topological polar surface area (TPSA) is 0 Å². The number of aryl methyl sites for hydroxylation is 2. The van der Waals surface area contributed by atoms with Crippen molar-refractivity contribution in [1.29, 1.82) is 0 Å². The van der Waals surface area contributed by atoms with Crippen molar-refractivity contribution >= 4 is 10.8 Å². The first-order chi connectivity index (χ1) is 15.0. The summed E-state index contributed by atoms with van der Waals surface area (Å²) < 4.78 is 29.8. The van der Waals surface area contributed by atoms with Gasteiger partial charge in [-0.05, 0) is 71.0 Å². The smallest absolute Gasteiger partial charge is 0.134 e. The molecule has 0 bridgehead atoms. The van der Waals surface area contributed by atoms with Gasteiger partial charge in [-0.2, -0.15) is 0 Å². The maximum atomic E-state index is 14.9. The quantitative estimate of drug-likeness (QED) is 0.265. The fraction of sp³-hybridized carbons (Fsp3) is 0.241. The number of hydrogen-bond donors (Lipinski definition) is 0. The lowest BCUT2D eigenvalue weighted by atomic mass is 9.96. The molecule has 0 amide bonds. The summed E-state index contributed by atoms with van der Waals surface area (Å²) in [6.07, 6.45) is 6.10. The summed E-state index contributed by atoms with van der Waals surface area (Å²) in [4.78, 5) is 0. The Morgan fingerprint density at radius 2 is 1.26 bits per heavy atom. The predicted octanol–water partition coefficient (Wildman–Crippen LogP) is 8.88. The molecule has 0 aliphatic carbocycles. The first-order valence-corrected chi connectivity index (χ1v) is 11.1. The second-order valence-corrected chi connectivity index (χ2v) is 8.39. The highest BCUT2D eigenvalue weighted by atomic mass is 19.1. The van der Waals surface area contributed by atoms with E-state index in [2.05, 4.69) is 25.1 Å². The van der Waals surface area contributed by atoms with Gasteiger partial charge in [-0.15, -0.1) is 0 Å². The molecule has 4 rings (SSSR count). The van der Waals surface area contributed by atoms with Gasteiger partial charge >= 0.3 is 0 Å². The van der Waals surface area contributed by atoms with Crippen LogP contribution in [0.25, 0.3) is 33.0 Å². The molecule has 0 heterocycles. The van der Waals surface area contributed by atoms with Gasteiger partial charge in [0.2, 0.25) is 0 Å². The van der Waals surface area contributed by atoms with E-state index in [4.69, 9.17) is 0 Å². The third-order valence-electron chi connectivity index (χ3n) is 5.94. The van der Waals surface area contributed by atoms with E-state index >= 15 is 0 Å². The molecule has 0 fully saturated rings. The molecule has 0 N–H and O–H groups in total. The van der Waals surface area contributed by atoms with Gasteiger partial charge in [0.15, 0.2) is 0 Å². The fourth-order valence-corrected chi connectivity index (χ4v) is 4.12. The Bertz CT molecular complexity index is 1170. The van der Waals surface area contributed by atoms with Crippen molar-refractivity contribution in [1.82, 2.24) is 0 Å². The Kier molecular flexibility index (Phi) is 6.46. The Balaban J connectivity index is 1.61. The summed E-state index contributed by atoms with van der Waals surface area (Å²) in [6, 6.07) is 22.6. The first-order valence-electron chi connectivity index (χ1n) is 11.1. The molecule has 0 aliphatic rings. The molecule has 0 radical (unpaired) electrons. The minimum absolute atomic E-state index is 0.0252. The van der Waals surface area contributed by atoms with Crippen LogP contribution in [-0.4, -0.2) is 0 Å². The number of fused-ring (bicyclic) bond motifs is 1. The van der Waals surface area contributed by atoms with E-state index in [1.165, 1.54) is 43.4 Å². The molecule has 0 unspecified atom stereocenters. The van der Waals surface area contributed by atoms with Crippen LogP contribution in [0.4, 0.5) is 8.78 Å². The van der Waals surface area contributed by atoms with Crippen LogP contribution in [-0.2, 0) is 6.42 Å². The van der Waals surface area contributed by atoms with E-state index in [-0.39, 0.29) is 5.56 Å². The van der Waals surface area contributed by atoms with Crippen LogP contribution in [0.2, 0.25) is 0 Å². The summed E-state index contributed by atoms with van der Waals surface area (Å²) in [5.74, 6) is -1.08. The molecule has 4 aromatic rings. The van der Waals surface area contributed by atoms with Gasteiger partial charge in [0.25, 0.3) is 0 Å². The van der Waals surface area contributed by atoms with Crippen LogP contribution in [0, 0.1) is 18.6 Å². The number of benzene rings is 4. The van der Waals surface area contributed by atoms with Crippen LogP contribution in [0.3, 0.4) is 0 Å². The lowest BCUT2D eigenvalue weighted by molar-refractivity contribution is 0.590. The van der Waals surface area contributed by atoms with Crippen molar-refractivity contribution in [2.24, 2.45) is 0 Å². The Labute approximate surface area is 183 Å². The van der Waals surface area contributed by atoms with Gasteiger partial charge in [-0.1, -0.05) is 86.3 Å². The van der Waals surface area contributed by atoms with E-state index in [0.717, 1.165) is 28.3 Å². The Morgan fingerprint density at radius 3 is 1.97 bits per heavy atom. The summed E-state index contributed by atoms with van der Waals surface area (Å²) in [5, 5.41) is 2.24. The molecule has 0 aliphatic heterocycles. The molecule has 0 atom stereocenters. The summed E-state index contributed by atoms with van der Waals surface area (Å²) in [6.45, 7) is 4.18. The van der Waals surface area contributed by atoms with Crippen molar-refractivity contribution in [3.8, 4) is 22.3 Å². The normalized spacial score (nSPS) is 11.2. The van der Waals surface area contributed by atoms with E-state index < -0.39 is 11.6 Å². The third kappa shape index (κ3) is 4.85. The molecule has 2 heteroatoms. The molecule has 31 heavy (non-hydrogen) atoms. The maximum Gasteiger partial charge on any atom is 0.134 e. The van der Waals surface area contributed by atoms with Gasteiger partial charge in [0.1, 0.15) is 11.6 Å². The summed E-state index contributed by atoms with van der Waals surface area (Å²) >= 11 is 0. The Hall–Kier alpha value is -3.00. The molecular weight excluding hydrogens is 386 g/mol. The highest BCUT2D eigenvalue weighted by Crippen LogP contribution is 2.32. The molecule has 0 aromatic heterocycles. The van der Waals surface area contributed by atoms with Gasteiger partial charge < -0.3 is 0 Å². The highest BCUT2D eigenvalue weighted by molar-refractivity contribution is 5.88. The number of unbranched alkanes of at least 4 members (excludes halogenated alkanes) is 3. The Morgan fingerprint density at radius 1 is 0.613 bits per heavy atom. The lowest BCUT2D eigenvalue weighted by Crippen LogP contribution is -1.93. The number of hydrogen-bond acceptors (Lipinski definition) is 0. The molecule has 0 spiro atoms. The standard InChI is InChI=1S/C29H28F2/c1-3-4-5-6-7-21-10-13-24-17-25(15-14-23(24)16-21)26-18-27(30)29(28(31)19-26)22-11-8-20(2)9-12-22/h8-19H,3-7H2,1-2H3. The SMILES string of the molecule is CCCCCCc1ccc2cc(-c3cc(F)c(-c4ccc(C)cc4)c(F)c3)ccc2c1. The second kappa shape index (κ2) is 9.43. The van der Waals surface area contributed by atoms with E-state index in [0.29, 0.717) is 11.1 Å². The fourth-order valence-electron chi connectivity index (χ4n) is 4.12. The van der Waals surface area contributed by atoms with Gasteiger partial charge in [-0.3, -0.25) is 0 Å². The number of rotatable bonds is 7. The average Bonchev–Trinajstić information content (AvgIpc) is 2.77. The van der Waals surface area contributed by atoms with Crippen molar-refractivity contribution < 1.29 is 8.78 Å². The van der Waals surface area contributed by atoms with E-state index in [9.17, 15) is 8.78 Å². The van der Waals surface area contributed by atoms with Crippen LogP contribution in [0.1, 0.15) is 43.7 Å². The van der Waals surface area contributed by atoms with Crippen molar-refractivity contribution in [2.45, 2.75) is 46.0 Å².